The Bertz CT molecular complexity index is 1480. The molecule has 1 aliphatic heterocycles. The number of fused-ring (bicyclic) bond motifs is 1. The van der Waals surface area contributed by atoms with Gasteiger partial charge in [-0.15, -0.1) is 0 Å². The van der Waals surface area contributed by atoms with Crippen molar-refractivity contribution in [3.8, 4) is 17.4 Å². The van der Waals surface area contributed by atoms with Crippen molar-refractivity contribution in [2.75, 3.05) is 26.2 Å². The Kier molecular flexibility index (Phi) is 6.17. The Morgan fingerprint density at radius 1 is 0.943 bits per heavy atom. The van der Waals surface area contributed by atoms with E-state index < -0.39 is 0 Å². The van der Waals surface area contributed by atoms with Crippen LogP contribution in [0.4, 0.5) is 0 Å². The SMILES string of the molecule is Cc1c(-c2ccccc2)oc2c(C(=O)N3CCN(Cc4ccc(C#N)cc4)CC3)cccc2c1=O. The Balaban J connectivity index is 1.38. The van der Waals surface area contributed by atoms with Crippen LogP contribution in [-0.4, -0.2) is 41.9 Å². The molecule has 4 aromatic rings. The van der Waals surface area contributed by atoms with Crippen molar-refractivity contribution >= 4 is 16.9 Å². The summed E-state index contributed by atoms with van der Waals surface area (Å²) in [4.78, 5) is 30.8. The molecule has 2 heterocycles. The van der Waals surface area contributed by atoms with E-state index >= 15 is 0 Å². The third-order valence-electron chi connectivity index (χ3n) is 6.56. The number of nitriles is 1. The highest BCUT2D eigenvalue weighted by molar-refractivity contribution is 6.05. The third kappa shape index (κ3) is 4.46. The normalized spacial score (nSPS) is 14.1. The first-order chi connectivity index (χ1) is 17.0. The number of carbonyl (C=O) groups is 1. The number of para-hydroxylation sites is 1. The average molecular weight is 464 g/mol. The molecule has 174 valence electrons. The maximum absolute atomic E-state index is 13.5. The summed E-state index contributed by atoms with van der Waals surface area (Å²) >= 11 is 0. The van der Waals surface area contributed by atoms with Gasteiger partial charge in [0.25, 0.3) is 5.91 Å². The summed E-state index contributed by atoms with van der Waals surface area (Å²) in [6.45, 7) is 5.20. The molecule has 1 aliphatic rings. The van der Waals surface area contributed by atoms with Gasteiger partial charge in [-0.1, -0.05) is 48.5 Å². The van der Waals surface area contributed by atoms with Crippen molar-refractivity contribution in [1.29, 1.82) is 5.26 Å². The number of rotatable bonds is 4. The van der Waals surface area contributed by atoms with E-state index in [9.17, 15) is 9.59 Å². The fourth-order valence-electron chi connectivity index (χ4n) is 4.57. The van der Waals surface area contributed by atoms with Gasteiger partial charge >= 0.3 is 0 Å². The lowest BCUT2D eigenvalue weighted by atomic mass is 10.0. The maximum atomic E-state index is 13.5. The minimum absolute atomic E-state index is 0.119. The van der Waals surface area contributed by atoms with Gasteiger partial charge in [-0.25, -0.2) is 0 Å². The number of piperazine rings is 1. The topological polar surface area (TPSA) is 77.6 Å². The summed E-state index contributed by atoms with van der Waals surface area (Å²) in [5.41, 5.74) is 3.77. The Morgan fingerprint density at radius 3 is 2.34 bits per heavy atom. The second kappa shape index (κ2) is 9.57. The molecule has 3 aromatic carbocycles. The van der Waals surface area contributed by atoms with Gasteiger partial charge in [0, 0.05) is 43.9 Å². The first kappa shape index (κ1) is 22.6. The van der Waals surface area contributed by atoms with E-state index in [0.717, 1.165) is 30.8 Å². The molecule has 5 rings (SSSR count). The number of hydrogen-bond acceptors (Lipinski definition) is 5. The maximum Gasteiger partial charge on any atom is 0.257 e. The molecule has 1 saturated heterocycles. The highest BCUT2D eigenvalue weighted by Crippen LogP contribution is 2.28. The zero-order valence-corrected chi connectivity index (χ0v) is 19.5. The van der Waals surface area contributed by atoms with Gasteiger partial charge in [-0.3, -0.25) is 14.5 Å². The van der Waals surface area contributed by atoms with Crippen LogP contribution in [0.2, 0.25) is 0 Å². The predicted octanol–water partition coefficient (Wildman–Crippen LogP) is 4.60. The summed E-state index contributed by atoms with van der Waals surface area (Å²) in [5, 5.41) is 9.39. The monoisotopic (exact) mass is 463 g/mol. The third-order valence-corrected chi connectivity index (χ3v) is 6.56. The molecule has 0 bridgehead atoms. The highest BCUT2D eigenvalue weighted by Gasteiger charge is 2.25. The van der Waals surface area contributed by atoms with Crippen molar-refractivity contribution in [2.24, 2.45) is 0 Å². The number of amides is 1. The molecule has 0 unspecified atom stereocenters. The number of carbonyl (C=O) groups excluding carboxylic acids is 1. The molecule has 1 amide bonds. The summed E-state index contributed by atoms with van der Waals surface area (Å²) in [5.74, 6) is 0.371. The van der Waals surface area contributed by atoms with Crippen LogP contribution in [0.5, 0.6) is 0 Å². The fourth-order valence-corrected chi connectivity index (χ4v) is 4.57. The molecular formula is C29H25N3O3. The molecule has 0 saturated carbocycles. The van der Waals surface area contributed by atoms with E-state index in [1.165, 1.54) is 0 Å². The highest BCUT2D eigenvalue weighted by atomic mass is 16.3. The van der Waals surface area contributed by atoms with Crippen LogP contribution in [0.25, 0.3) is 22.3 Å². The van der Waals surface area contributed by atoms with Gasteiger partial charge in [0.1, 0.15) is 5.76 Å². The lowest BCUT2D eigenvalue weighted by Crippen LogP contribution is -2.48. The molecule has 0 spiro atoms. The summed E-state index contributed by atoms with van der Waals surface area (Å²) in [7, 11) is 0. The van der Waals surface area contributed by atoms with Gasteiger partial charge in [-0.05, 0) is 36.8 Å². The largest absolute Gasteiger partial charge is 0.455 e. The molecule has 1 fully saturated rings. The molecule has 1 aromatic heterocycles. The van der Waals surface area contributed by atoms with Crippen LogP contribution in [-0.2, 0) is 6.54 Å². The summed E-state index contributed by atoms with van der Waals surface area (Å²) in [6.07, 6.45) is 0. The minimum Gasteiger partial charge on any atom is -0.455 e. The van der Waals surface area contributed by atoms with Crippen molar-refractivity contribution in [2.45, 2.75) is 13.5 Å². The van der Waals surface area contributed by atoms with Gasteiger partial charge in [0.15, 0.2) is 11.0 Å². The van der Waals surface area contributed by atoms with Crippen molar-refractivity contribution in [3.63, 3.8) is 0 Å². The molecule has 0 atom stereocenters. The van der Waals surface area contributed by atoms with Crippen LogP contribution >= 0.6 is 0 Å². The van der Waals surface area contributed by atoms with Gasteiger partial charge < -0.3 is 9.32 Å². The van der Waals surface area contributed by atoms with Gasteiger partial charge in [-0.2, -0.15) is 5.26 Å². The zero-order chi connectivity index (χ0) is 24.4. The molecule has 0 radical (unpaired) electrons. The first-order valence-electron chi connectivity index (χ1n) is 11.7. The summed E-state index contributed by atoms with van der Waals surface area (Å²) in [6, 6.07) is 24.4. The lowest BCUT2D eigenvalue weighted by Gasteiger charge is -2.34. The van der Waals surface area contributed by atoms with E-state index in [0.29, 0.717) is 46.5 Å². The first-order valence-corrected chi connectivity index (χ1v) is 11.7. The van der Waals surface area contributed by atoms with E-state index in [2.05, 4.69) is 11.0 Å². The van der Waals surface area contributed by atoms with Crippen LogP contribution < -0.4 is 5.43 Å². The van der Waals surface area contributed by atoms with E-state index in [1.807, 2.05) is 59.5 Å². The fraction of sp³-hybridized carbons (Fsp3) is 0.207. The minimum atomic E-state index is -0.125. The average Bonchev–Trinajstić information content (AvgIpc) is 2.91. The molecular weight excluding hydrogens is 438 g/mol. The van der Waals surface area contributed by atoms with Crippen molar-refractivity contribution in [3.05, 3.63) is 105 Å². The molecule has 6 heteroatoms. The van der Waals surface area contributed by atoms with Crippen LogP contribution in [0.3, 0.4) is 0 Å². The molecule has 6 nitrogen and oxygen atoms in total. The Morgan fingerprint density at radius 2 is 1.66 bits per heavy atom. The quantitative estimate of drug-likeness (QED) is 0.442. The Hall–Kier alpha value is -4.21. The van der Waals surface area contributed by atoms with E-state index in [1.54, 1.807) is 25.1 Å². The van der Waals surface area contributed by atoms with Crippen LogP contribution in [0.1, 0.15) is 27.0 Å². The standard InChI is InChI=1S/C29H25N3O3/c1-20-26(33)24-8-5-9-25(28(24)35-27(20)23-6-3-2-4-7-23)29(34)32-16-14-31(15-17-32)19-22-12-10-21(18-30)11-13-22/h2-13H,14-17,19H2,1H3. The van der Waals surface area contributed by atoms with Gasteiger partial charge in [0.05, 0.1) is 22.6 Å². The van der Waals surface area contributed by atoms with Crippen molar-refractivity contribution in [1.82, 2.24) is 9.80 Å². The number of hydrogen-bond donors (Lipinski definition) is 0. The molecule has 35 heavy (non-hydrogen) atoms. The van der Waals surface area contributed by atoms with E-state index in [-0.39, 0.29) is 11.3 Å². The lowest BCUT2D eigenvalue weighted by molar-refractivity contribution is 0.0629. The molecule has 0 N–H and O–H groups in total. The predicted molar refractivity (Wildman–Crippen MR) is 135 cm³/mol. The van der Waals surface area contributed by atoms with Crippen LogP contribution in [0, 0.1) is 18.3 Å². The Labute approximate surface area is 203 Å². The van der Waals surface area contributed by atoms with E-state index in [4.69, 9.17) is 9.68 Å². The number of nitrogens with zero attached hydrogens (tertiary/aromatic N) is 3. The smallest absolute Gasteiger partial charge is 0.257 e. The second-order valence-corrected chi connectivity index (χ2v) is 8.81. The van der Waals surface area contributed by atoms with Crippen LogP contribution in [0.15, 0.2) is 82.0 Å². The van der Waals surface area contributed by atoms with Gasteiger partial charge in [0.2, 0.25) is 0 Å². The zero-order valence-electron chi connectivity index (χ0n) is 19.5. The second-order valence-electron chi connectivity index (χ2n) is 8.81. The number of benzene rings is 3. The van der Waals surface area contributed by atoms with Crippen molar-refractivity contribution < 1.29 is 9.21 Å². The summed E-state index contributed by atoms with van der Waals surface area (Å²) < 4.78 is 6.24. The molecule has 0 aliphatic carbocycles.